The van der Waals surface area contributed by atoms with Crippen molar-refractivity contribution >= 4 is 27.5 Å². The van der Waals surface area contributed by atoms with Gasteiger partial charge in [0.05, 0.1) is 11.8 Å². The summed E-state index contributed by atoms with van der Waals surface area (Å²) in [5.41, 5.74) is 0.0825. The van der Waals surface area contributed by atoms with Crippen LogP contribution in [0.15, 0.2) is 22.7 Å². The molecule has 1 rings (SSSR count). The Morgan fingerprint density at radius 1 is 1.53 bits per heavy atom. The molecule has 0 bridgehead atoms. The zero-order valence-electron chi connectivity index (χ0n) is 9.50. The van der Waals surface area contributed by atoms with Gasteiger partial charge in [0.2, 0.25) is 5.91 Å². The highest BCUT2D eigenvalue weighted by Gasteiger charge is 2.22. The Balaban J connectivity index is 2.85. The van der Waals surface area contributed by atoms with Crippen molar-refractivity contribution in [1.82, 2.24) is 0 Å². The zero-order chi connectivity index (χ0) is 13.0. The van der Waals surface area contributed by atoms with Crippen LogP contribution in [0, 0.1) is 29.0 Å². The molecule has 17 heavy (non-hydrogen) atoms. The molecule has 0 aromatic heterocycles. The number of carbonyl (C=O) groups excluding carboxylic acids is 1. The quantitative estimate of drug-likeness (QED) is 0.930. The lowest BCUT2D eigenvalue weighted by Crippen LogP contribution is -2.26. The van der Waals surface area contributed by atoms with Crippen LogP contribution < -0.4 is 5.32 Å². The summed E-state index contributed by atoms with van der Waals surface area (Å²) in [6, 6.07) is 6.24. The number of carbonyl (C=O) groups is 1. The van der Waals surface area contributed by atoms with E-state index in [1.54, 1.807) is 19.9 Å². The van der Waals surface area contributed by atoms with E-state index in [1.807, 2.05) is 6.07 Å². The molecule has 0 spiro atoms. The number of anilines is 1. The second-order valence-electron chi connectivity index (χ2n) is 3.96. The van der Waals surface area contributed by atoms with Crippen LogP contribution in [0.25, 0.3) is 0 Å². The lowest BCUT2D eigenvalue weighted by atomic mass is 9.96. The molecule has 0 radical (unpaired) electrons. The summed E-state index contributed by atoms with van der Waals surface area (Å²) < 4.78 is 14.0. The van der Waals surface area contributed by atoms with Gasteiger partial charge in [0.25, 0.3) is 0 Å². The van der Waals surface area contributed by atoms with Crippen LogP contribution >= 0.6 is 15.9 Å². The topological polar surface area (TPSA) is 52.9 Å². The molecule has 0 aliphatic carbocycles. The average molecular weight is 299 g/mol. The maximum Gasteiger partial charge on any atom is 0.242 e. The molecule has 1 N–H and O–H groups in total. The summed E-state index contributed by atoms with van der Waals surface area (Å²) in [5, 5.41) is 11.3. The second-order valence-corrected chi connectivity index (χ2v) is 4.88. The SMILES string of the molecule is CC(C)C(C#N)C(=O)Nc1ccc(Br)cc1F. The van der Waals surface area contributed by atoms with Crippen molar-refractivity contribution < 1.29 is 9.18 Å². The number of amides is 1. The van der Waals surface area contributed by atoms with Gasteiger partial charge in [0.15, 0.2) is 0 Å². The van der Waals surface area contributed by atoms with E-state index in [-0.39, 0.29) is 11.6 Å². The molecule has 1 amide bonds. The van der Waals surface area contributed by atoms with E-state index in [0.29, 0.717) is 4.47 Å². The molecule has 0 heterocycles. The van der Waals surface area contributed by atoms with Crippen LogP contribution in [0.1, 0.15) is 13.8 Å². The summed E-state index contributed by atoms with van der Waals surface area (Å²) in [7, 11) is 0. The molecule has 1 aromatic carbocycles. The summed E-state index contributed by atoms with van der Waals surface area (Å²) in [4.78, 5) is 11.7. The molecule has 1 aromatic rings. The normalized spacial score (nSPS) is 12.0. The van der Waals surface area contributed by atoms with Crippen LogP contribution in [0.4, 0.5) is 10.1 Å². The number of hydrogen-bond acceptors (Lipinski definition) is 2. The van der Waals surface area contributed by atoms with Crippen molar-refractivity contribution in [2.24, 2.45) is 11.8 Å². The van der Waals surface area contributed by atoms with Crippen molar-refractivity contribution in [3.05, 3.63) is 28.5 Å². The van der Waals surface area contributed by atoms with Crippen molar-refractivity contribution in [3.8, 4) is 6.07 Å². The van der Waals surface area contributed by atoms with E-state index in [1.165, 1.54) is 12.1 Å². The first-order chi connectivity index (χ1) is 7.95. The van der Waals surface area contributed by atoms with Gasteiger partial charge in [0.1, 0.15) is 11.7 Å². The van der Waals surface area contributed by atoms with Crippen LogP contribution in [0.2, 0.25) is 0 Å². The Labute approximate surface area is 108 Å². The lowest BCUT2D eigenvalue weighted by molar-refractivity contribution is -0.119. The summed E-state index contributed by atoms with van der Waals surface area (Å²) in [6.45, 7) is 3.54. The summed E-state index contributed by atoms with van der Waals surface area (Å²) in [5.74, 6) is -1.91. The van der Waals surface area contributed by atoms with Crippen molar-refractivity contribution in [3.63, 3.8) is 0 Å². The first-order valence-corrected chi connectivity index (χ1v) is 5.90. The zero-order valence-corrected chi connectivity index (χ0v) is 11.1. The predicted molar refractivity (Wildman–Crippen MR) is 66.7 cm³/mol. The molecule has 0 fully saturated rings. The third kappa shape index (κ3) is 3.53. The monoisotopic (exact) mass is 298 g/mol. The van der Waals surface area contributed by atoms with Gasteiger partial charge >= 0.3 is 0 Å². The maximum absolute atomic E-state index is 13.5. The first-order valence-electron chi connectivity index (χ1n) is 5.11. The van der Waals surface area contributed by atoms with Gasteiger partial charge in [-0.05, 0) is 24.1 Å². The van der Waals surface area contributed by atoms with E-state index >= 15 is 0 Å². The Bertz CT molecular complexity index is 468. The minimum absolute atomic E-state index is 0.0825. The number of nitrogens with zero attached hydrogens (tertiary/aromatic N) is 1. The van der Waals surface area contributed by atoms with E-state index in [0.717, 1.165) is 0 Å². The lowest BCUT2D eigenvalue weighted by Gasteiger charge is -2.13. The Kier molecular flexibility index (Phi) is 4.64. The fourth-order valence-electron chi connectivity index (χ4n) is 1.31. The first kappa shape index (κ1) is 13.7. The molecular weight excluding hydrogens is 287 g/mol. The maximum atomic E-state index is 13.5. The van der Waals surface area contributed by atoms with Gasteiger partial charge in [-0.3, -0.25) is 4.79 Å². The number of hydrogen-bond donors (Lipinski definition) is 1. The minimum atomic E-state index is -0.780. The molecule has 0 saturated carbocycles. The number of benzene rings is 1. The summed E-state index contributed by atoms with van der Waals surface area (Å²) >= 11 is 3.12. The van der Waals surface area contributed by atoms with Crippen molar-refractivity contribution in [2.75, 3.05) is 5.32 Å². The molecule has 90 valence electrons. The highest BCUT2D eigenvalue weighted by molar-refractivity contribution is 9.10. The van der Waals surface area contributed by atoms with E-state index in [9.17, 15) is 9.18 Å². The second kappa shape index (κ2) is 5.78. The highest BCUT2D eigenvalue weighted by atomic mass is 79.9. The third-order valence-electron chi connectivity index (χ3n) is 2.28. The highest BCUT2D eigenvalue weighted by Crippen LogP contribution is 2.21. The Hall–Kier alpha value is -1.41. The van der Waals surface area contributed by atoms with Gasteiger partial charge in [-0.15, -0.1) is 0 Å². The molecule has 0 aliphatic heterocycles. The molecule has 1 unspecified atom stereocenters. The summed E-state index contributed by atoms with van der Waals surface area (Å²) in [6.07, 6.45) is 0. The fourth-order valence-corrected chi connectivity index (χ4v) is 1.64. The molecule has 1 atom stereocenters. The fraction of sp³-hybridized carbons (Fsp3) is 0.333. The van der Waals surface area contributed by atoms with Crippen LogP contribution in [-0.4, -0.2) is 5.91 Å². The molecule has 5 heteroatoms. The van der Waals surface area contributed by atoms with Crippen LogP contribution in [0.3, 0.4) is 0 Å². The number of nitrogens with one attached hydrogen (secondary N) is 1. The molecule has 0 saturated heterocycles. The van der Waals surface area contributed by atoms with Crippen molar-refractivity contribution in [1.29, 1.82) is 5.26 Å². The molecular formula is C12H12BrFN2O. The number of nitriles is 1. The van der Waals surface area contributed by atoms with E-state index in [2.05, 4.69) is 21.2 Å². The van der Waals surface area contributed by atoms with Crippen LogP contribution in [-0.2, 0) is 4.79 Å². The Morgan fingerprint density at radius 2 is 2.18 bits per heavy atom. The molecule has 3 nitrogen and oxygen atoms in total. The number of halogens is 2. The van der Waals surface area contributed by atoms with Gasteiger partial charge < -0.3 is 5.32 Å². The van der Waals surface area contributed by atoms with E-state index in [4.69, 9.17) is 5.26 Å². The third-order valence-corrected chi connectivity index (χ3v) is 2.77. The van der Waals surface area contributed by atoms with Gasteiger partial charge in [-0.1, -0.05) is 29.8 Å². The largest absolute Gasteiger partial charge is 0.322 e. The van der Waals surface area contributed by atoms with Crippen molar-refractivity contribution in [2.45, 2.75) is 13.8 Å². The van der Waals surface area contributed by atoms with Gasteiger partial charge in [-0.25, -0.2) is 4.39 Å². The predicted octanol–water partition coefficient (Wildman–Crippen LogP) is 3.32. The van der Waals surface area contributed by atoms with E-state index < -0.39 is 17.6 Å². The van der Waals surface area contributed by atoms with Gasteiger partial charge in [-0.2, -0.15) is 5.26 Å². The minimum Gasteiger partial charge on any atom is -0.322 e. The Morgan fingerprint density at radius 3 is 2.65 bits per heavy atom. The number of rotatable bonds is 3. The van der Waals surface area contributed by atoms with Gasteiger partial charge in [0, 0.05) is 4.47 Å². The van der Waals surface area contributed by atoms with Crippen LogP contribution in [0.5, 0.6) is 0 Å². The smallest absolute Gasteiger partial charge is 0.242 e. The average Bonchev–Trinajstić information content (AvgIpc) is 2.22. The molecule has 0 aliphatic rings. The standard InChI is InChI=1S/C12H12BrFN2O/c1-7(2)9(6-15)12(17)16-11-4-3-8(13)5-10(11)14/h3-5,7,9H,1-2H3,(H,16,17).